The quantitative estimate of drug-likeness (QED) is 0.857. The van der Waals surface area contributed by atoms with E-state index in [2.05, 4.69) is 19.9 Å². The van der Waals surface area contributed by atoms with E-state index in [0.717, 1.165) is 5.13 Å². The first-order valence-corrected chi connectivity index (χ1v) is 7.25. The molecular weight excluding hydrogens is 294 g/mol. The Hall–Kier alpha value is -2.42. The van der Waals surface area contributed by atoms with Crippen LogP contribution in [0.2, 0.25) is 0 Å². The second-order valence-corrected chi connectivity index (χ2v) is 5.40. The third-order valence-electron chi connectivity index (χ3n) is 3.31. The Morgan fingerprint density at radius 3 is 2.62 bits per heavy atom. The van der Waals surface area contributed by atoms with Gasteiger partial charge in [-0.2, -0.15) is 0 Å². The minimum atomic E-state index is -1.18. The van der Waals surface area contributed by atoms with Gasteiger partial charge in [-0.15, -0.1) is 11.3 Å². The van der Waals surface area contributed by atoms with Crippen molar-refractivity contribution in [1.29, 1.82) is 0 Å². The molecule has 0 radical (unpaired) electrons. The number of anilines is 1. The molecule has 3 rings (SSSR count). The number of aromatic nitrogens is 3. The van der Waals surface area contributed by atoms with Gasteiger partial charge in [0.25, 0.3) is 5.91 Å². The topological polar surface area (TPSA) is 102 Å². The number of carbonyl (C=O) groups excluding carboxylic acids is 1. The molecule has 1 aliphatic heterocycles. The lowest BCUT2D eigenvalue weighted by Crippen LogP contribution is -2.49. The summed E-state index contributed by atoms with van der Waals surface area (Å²) in [5.41, 5.74) is -0.201. The normalized spacial score (nSPS) is 15.2. The lowest BCUT2D eigenvalue weighted by Gasteiger charge is -2.34. The third kappa shape index (κ3) is 2.59. The number of carbonyl (C=O) groups is 2. The fourth-order valence-corrected chi connectivity index (χ4v) is 2.94. The Kier molecular flexibility index (Phi) is 3.57. The number of piperazine rings is 1. The molecule has 0 aliphatic carbocycles. The van der Waals surface area contributed by atoms with Crippen molar-refractivity contribution in [2.24, 2.45) is 0 Å². The van der Waals surface area contributed by atoms with Crippen molar-refractivity contribution in [2.45, 2.75) is 0 Å². The van der Waals surface area contributed by atoms with E-state index >= 15 is 0 Å². The molecule has 1 saturated heterocycles. The van der Waals surface area contributed by atoms with Crippen molar-refractivity contribution in [1.82, 2.24) is 19.9 Å². The maximum atomic E-state index is 12.3. The second-order valence-electron chi connectivity index (χ2n) is 4.53. The number of nitrogens with zero attached hydrogens (tertiary/aromatic N) is 4. The Bertz CT molecular complexity index is 646. The molecule has 0 saturated carbocycles. The zero-order chi connectivity index (χ0) is 14.8. The number of amides is 1. The van der Waals surface area contributed by atoms with Gasteiger partial charge in [0.1, 0.15) is 0 Å². The Morgan fingerprint density at radius 2 is 2.00 bits per heavy atom. The van der Waals surface area contributed by atoms with E-state index in [1.165, 1.54) is 6.33 Å². The van der Waals surface area contributed by atoms with E-state index in [4.69, 9.17) is 5.11 Å². The number of imidazole rings is 1. The highest BCUT2D eigenvalue weighted by Crippen LogP contribution is 2.19. The fourth-order valence-electron chi connectivity index (χ4n) is 2.24. The number of carboxylic acid groups (broad SMARTS) is 1. The molecule has 8 nitrogen and oxygen atoms in total. The second kappa shape index (κ2) is 5.52. The van der Waals surface area contributed by atoms with Gasteiger partial charge in [0.15, 0.2) is 16.5 Å². The van der Waals surface area contributed by atoms with Crippen molar-refractivity contribution in [3.63, 3.8) is 0 Å². The predicted octanol–water partition coefficient (Wildman–Crippen LogP) is 0.527. The van der Waals surface area contributed by atoms with Gasteiger partial charge in [-0.25, -0.2) is 14.8 Å². The molecule has 1 aliphatic rings. The lowest BCUT2D eigenvalue weighted by molar-refractivity contribution is 0.0666. The summed E-state index contributed by atoms with van der Waals surface area (Å²) in [6, 6.07) is 0. The summed E-state index contributed by atoms with van der Waals surface area (Å²) in [6.45, 7) is 2.38. The largest absolute Gasteiger partial charge is 0.477 e. The van der Waals surface area contributed by atoms with Crippen LogP contribution >= 0.6 is 11.3 Å². The standard InChI is InChI=1S/C12H13N5O3S/c18-10(8-9(11(19)20)15-7-14-8)16-2-4-17(5-3-16)12-13-1-6-21-12/h1,6-7H,2-5H2,(H,14,15)(H,19,20). The van der Waals surface area contributed by atoms with Crippen LogP contribution in [0.1, 0.15) is 21.0 Å². The number of aromatic amines is 1. The van der Waals surface area contributed by atoms with E-state index in [-0.39, 0.29) is 17.3 Å². The molecule has 9 heteroatoms. The zero-order valence-corrected chi connectivity index (χ0v) is 11.8. The molecule has 0 aromatic carbocycles. The summed E-state index contributed by atoms with van der Waals surface area (Å²) in [4.78, 5) is 37.6. The van der Waals surface area contributed by atoms with E-state index in [0.29, 0.717) is 26.2 Å². The van der Waals surface area contributed by atoms with Crippen LogP contribution in [-0.4, -0.2) is 63.0 Å². The number of hydrogen-bond donors (Lipinski definition) is 2. The third-order valence-corrected chi connectivity index (χ3v) is 4.14. The Morgan fingerprint density at radius 1 is 1.24 bits per heavy atom. The average molecular weight is 307 g/mol. The molecular formula is C12H13N5O3S. The van der Waals surface area contributed by atoms with E-state index < -0.39 is 5.97 Å². The number of nitrogens with one attached hydrogen (secondary N) is 1. The molecule has 0 atom stereocenters. The van der Waals surface area contributed by atoms with Crippen molar-refractivity contribution < 1.29 is 14.7 Å². The van der Waals surface area contributed by atoms with Crippen LogP contribution in [0.3, 0.4) is 0 Å². The Balaban J connectivity index is 1.68. The molecule has 21 heavy (non-hydrogen) atoms. The molecule has 0 bridgehead atoms. The van der Waals surface area contributed by atoms with Gasteiger partial charge in [0, 0.05) is 37.8 Å². The molecule has 110 valence electrons. The monoisotopic (exact) mass is 307 g/mol. The SMILES string of the molecule is O=C(O)c1[nH]cnc1C(=O)N1CCN(c2nccs2)CC1. The molecule has 3 heterocycles. The molecule has 2 aromatic heterocycles. The first kappa shape index (κ1) is 13.6. The highest BCUT2D eigenvalue weighted by molar-refractivity contribution is 7.13. The summed E-state index contributed by atoms with van der Waals surface area (Å²) >= 11 is 1.56. The number of rotatable bonds is 3. The number of H-pyrrole nitrogens is 1. The maximum absolute atomic E-state index is 12.3. The van der Waals surface area contributed by atoms with Crippen LogP contribution in [0.4, 0.5) is 5.13 Å². The average Bonchev–Trinajstić information content (AvgIpc) is 3.18. The smallest absolute Gasteiger partial charge is 0.354 e. The maximum Gasteiger partial charge on any atom is 0.354 e. The molecule has 1 fully saturated rings. The number of hydrogen-bond acceptors (Lipinski definition) is 6. The van der Waals surface area contributed by atoms with Crippen molar-refractivity contribution in [3.8, 4) is 0 Å². The van der Waals surface area contributed by atoms with Crippen molar-refractivity contribution in [2.75, 3.05) is 31.1 Å². The first-order valence-electron chi connectivity index (χ1n) is 6.37. The van der Waals surface area contributed by atoms with Crippen LogP contribution in [0.25, 0.3) is 0 Å². The Labute approximate surface area is 124 Å². The van der Waals surface area contributed by atoms with Crippen LogP contribution < -0.4 is 4.90 Å². The van der Waals surface area contributed by atoms with Gasteiger partial charge in [-0.1, -0.05) is 0 Å². The van der Waals surface area contributed by atoms with Gasteiger partial charge >= 0.3 is 5.97 Å². The van der Waals surface area contributed by atoms with Crippen LogP contribution in [0.5, 0.6) is 0 Å². The van der Waals surface area contributed by atoms with E-state index in [9.17, 15) is 9.59 Å². The summed E-state index contributed by atoms with van der Waals surface area (Å²) in [5, 5.41) is 11.9. The molecule has 2 N–H and O–H groups in total. The molecule has 1 amide bonds. The molecule has 0 unspecified atom stereocenters. The van der Waals surface area contributed by atoms with Gasteiger partial charge in [0.2, 0.25) is 0 Å². The van der Waals surface area contributed by atoms with Crippen LogP contribution in [0.15, 0.2) is 17.9 Å². The van der Waals surface area contributed by atoms with Crippen LogP contribution in [-0.2, 0) is 0 Å². The van der Waals surface area contributed by atoms with Crippen LogP contribution in [0, 0.1) is 0 Å². The molecule has 0 spiro atoms. The minimum absolute atomic E-state index is 0.0369. The first-order chi connectivity index (χ1) is 10.2. The number of carboxylic acids is 1. The number of thiazole rings is 1. The van der Waals surface area contributed by atoms with E-state index in [1.807, 2.05) is 5.38 Å². The van der Waals surface area contributed by atoms with E-state index in [1.54, 1.807) is 22.4 Å². The predicted molar refractivity (Wildman–Crippen MR) is 75.8 cm³/mol. The van der Waals surface area contributed by atoms with Gasteiger partial charge in [-0.05, 0) is 0 Å². The minimum Gasteiger partial charge on any atom is -0.477 e. The molecule has 2 aromatic rings. The van der Waals surface area contributed by atoms with Crippen molar-refractivity contribution in [3.05, 3.63) is 29.3 Å². The van der Waals surface area contributed by atoms with Gasteiger partial charge in [-0.3, -0.25) is 4.79 Å². The highest BCUT2D eigenvalue weighted by Gasteiger charge is 2.28. The van der Waals surface area contributed by atoms with Gasteiger partial charge < -0.3 is 19.9 Å². The summed E-state index contributed by atoms with van der Waals surface area (Å²) in [6.07, 6.45) is 2.98. The lowest BCUT2D eigenvalue weighted by atomic mass is 10.2. The summed E-state index contributed by atoms with van der Waals surface area (Å²) in [7, 11) is 0. The fraction of sp³-hybridized carbons (Fsp3) is 0.333. The summed E-state index contributed by atoms with van der Waals surface area (Å²) in [5.74, 6) is -1.54. The zero-order valence-electron chi connectivity index (χ0n) is 11.0. The summed E-state index contributed by atoms with van der Waals surface area (Å²) < 4.78 is 0. The van der Waals surface area contributed by atoms with Crippen molar-refractivity contribution >= 4 is 28.3 Å². The number of aromatic carboxylic acids is 1. The highest BCUT2D eigenvalue weighted by atomic mass is 32.1. The van der Waals surface area contributed by atoms with Gasteiger partial charge in [0.05, 0.1) is 6.33 Å².